The second-order valence-electron chi connectivity index (χ2n) is 14.2. The third kappa shape index (κ3) is 4.84. The smallest absolute Gasteiger partial charge is 0.0998 e. The minimum Gasteiger partial charge on any atom is -0.192 e. The summed E-state index contributed by atoms with van der Waals surface area (Å²) in [5.74, 6) is 0. The molecule has 0 saturated carbocycles. The first kappa shape index (κ1) is 31.5. The van der Waals surface area contributed by atoms with Gasteiger partial charge in [-0.3, -0.25) is 0 Å². The molecule has 0 aliphatic carbocycles. The van der Waals surface area contributed by atoms with Gasteiger partial charge in [-0.25, -0.2) is 0 Å². The van der Waals surface area contributed by atoms with Gasteiger partial charge in [-0.05, 0) is 106 Å². The predicted molar refractivity (Wildman–Crippen MR) is 236 cm³/mol. The lowest BCUT2D eigenvalue weighted by atomic mass is 9.85. The van der Waals surface area contributed by atoms with Gasteiger partial charge in [0, 0.05) is 25.7 Å². The van der Waals surface area contributed by atoms with Crippen molar-refractivity contribution >= 4 is 74.6 Å². The average Bonchev–Trinajstić information content (AvgIpc) is 3.62. The highest BCUT2D eigenvalue weighted by atomic mass is 32.1. The molecule has 0 amide bonds. The molecular weight excluding hydrogens is 683 g/mol. The van der Waals surface area contributed by atoms with Crippen molar-refractivity contribution in [2.24, 2.45) is 0 Å². The van der Waals surface area contributed by atoms with Crippen molar-refractivity contribution in [1.29, 1.82) is 5.26 Å². The molecule has 0 atom stereocenters. The molecule has 1 aromatic heterocycles. The van der Waals surface area contributed by atoms with Crippen molar-refractivity contribution in [3.05, 3.63) is 194 Å². The molecule has 0 bridgehead atoms. The van der Waals surface area contributed by atoms with Crippen LogP contribution in [0, 0.1) is 11.3 Å². The first-order chi connectivity index (χ1) is 27.3. The number of nitriles is 1. The molecule has 0 N–H and O–H groups in total. The van der Waals surface area contributed by atoms with Crippen molar-refractivity contribution in [3.8, 4) is 50.6 Å². The fourth-order valence-electron chi connectivity index (χ4n) is 8.97. The summed E-state index contributed by atoms with van der Waals surface area (Å²) in [5, 5.41) is 22.4. The zero-order valence-electron chi connectivity index (χ0n) is 29.8. The number of hydrogen-bond acceptors (Lipinski definition) is 2. The molecule has 0 unspecified atom stereocenters. The third-order valence-corrected chi connectivity index (χ3v) is 12.4. The fraction of sp³-hybridized carbons (Fsp3) is 0. The fourth-order valence-corrected chi connectivity index (χ4v) is 10.1. The van der Waals surface area contributed by atoms with Crippen molar-refractivity contribution in [1.82, 2.24) is 0 Å². The van der Waals surface area contributed by atoms with Crippen molar-refractivity contribution < 1.29 is 0 Å². The highest BCUT2D eigenvalue weighted by molar-refractivity contribution is 7.25. The molecule has 55 heavy (non-hydrogen) atoms. The first-order valence-corrected chi connectivity index (χ1v) is 19.5. The van der Waals surface area contributed by atoms with E-state index in [0.717, 1.165) is 21.9 Å². The Bertz CT molecular complexity index is 3270. The van der Waals surface area contributed by atoms with E-state index in [4.69, 9.17) is 0 Å². The lowest BCUT2D eigenvalue weighted by molar-refractivity contribution is 1.48. The Morgan fingerprint density at radius 1 is 0.309 bits per heavy atom. The lowest BCUT2D eigenvalue weighted by Crippen LogP contribution is -1.92. The minimum atomic E-state index is 0.685. The maximum Gasteiger partial charge on any atom is 0.0998 e. The number of nitrogens with zero attached hydrogens (tertiary/aromatic N) is 1. The Labute approximate surface area is 322 Å². The zero-order chi connectivity index (χ0) is 36.5. The van der Waals surface area contributed by atoms with Gasteiger partial charge in [-0.15, -0.1) is 11.3 Å². The number of benzene rings is 10. The van der Waals surface area contributed by atoms with Gasteiger partial charge < -0.3 is 0 Å². The Morgan fingerprint density at radius 2 is 0.745 bits per heavy atom. The number of thiophene rings is 1. The second-order valence-corrected chi connectivity index (χ2v) is 15.3. The van der Waals surface area contributed by atoms with Crippen LogP contribution in [0.2, 0.25) is 0 Å². The summed E-state index contributed by atoms with van der Waals surface area (Å²) in [4.78, 5) is 0. The SMILES string of the molecule is N#Cc1ccccc1-c1c2ccccc2c(-c2ccc3c(c2)sc2ccc(-c4c5ccccc5c(-c5ccccc5)c5ccccc45)cc23)c2ccccc12. The molecule has 11 aromatic rings. The maximum absolute atomic E-state index is 10.1. The molecule has 0 radical (unpaired) electrons. The summed E-state index contributed by atoms with van der Waals surface area (Å²) >= 11 is 1.86. The van der Waals surface area contributed by atoms with Gasteiger partial charge in [0.15, 0.2) is 0 Å². The number of fused-ring (bicyclic) bond motifs is 7. The summed E-state index contributed by atoms with van der Waals surface area (Å²) in [7, 11) is 0. The van der Waals surface area contributed by atoms with E-state index in [1.165, 1.54) is 85.9 Å². The number of rotatable bonds is 4. The molecule has 0 spiro atoms. The quantitative estimate of drug-likeness (QED) is 0.167. The van der Waals surface area contributed by atoms with Crippen LogP contribution in [0.25, 0.3) is 108 Å². The summed E-state index contributed by atoms with van der Waals surface area (Å²) in [5.41, 5.74) is 10.2. The maximum atomic E-state index is 10.1. The monoisotopic (exact) mass is 713 g/mol. The third-order valence-electron chi connectivity index (χ3n) is 11.3. The molecule has 0 fully saturated rings. The van der Waals surface area contributed by atoms with Crippen LogP contribution in [0.15, 0.2) is 188 Å². The van der Waals surface area contributed by atoms with E-state index in [1.54, 1.807) is 0 Å². The Hall–Kier alpha value is -7.05. The summed E-state index contributed by atoms with van der Waals surface area (Å²) < 4.78 is 2.55. The van der Waals surface area contributed by atoms with Gasteiger partial charge in [0.05, 0.1) is 11.6 Å². The molecule has 1 nitrogen and oxygen atoms in total. The predicted octanol–water partition coefficient (Wildman–Crippen LogP) is 15.2. The summed E-state index contributed by atoms with van der Waals surface area (Å²) in [6.45, 7) is 0. The molecule has 10 aromatic carbocycles. The zero-order valence-corrected chi connectivity index (χ0v) is 30.6. The van der Waals surface area contributed by atoms with Crippen LogP contribution in [0.5, 0.6) is 0 Å². The van der Waals surface area contributed by atoms with Crippen molar-refractivity contribution in [3.63, 3.8) is 0 Å². The Morgan fingerprint density at radius 3 is 1.29 bits per heavy atom. The van der Waals surface area contributed by atoms with Crippen LogP contribution in [-0.4, -0.2) is 0 Å². The van der Waals surface area contributed by atoms with E-state index in [0.29, 0.717) is 5.56 Å². The van der Waals surface area contributed by atoms with Gasteiger partial charge in [-0.2, -0.15) is 5.26 Å². The highest BCUT2D eigenvalue weighted by Gasteiger charge is 2.20. The van der Waals surface area contributed by atoms with Gasteiger partial charge in [0.25, 0.3) is 0 Å². The molecule has 0 aliphatic rings. The van der Waals surface area contributed by atoms with Crippen molar-refractivity contribution in [2.45, 2.75) is 0 Å². The van der Waals surface area contributed by atoms with Crippen LogP contribution in [0.4, 0.5) is 0 Å². The first-order valence-electron chi connectivity index (χ1n) is 18.7. The standard InChI is InChI=1S/C53H31NS/c54-32-36-16-4-5-17-37(36)53-45-24-12-10-22-43(45)52(44-23-11-13-25-46(44)53)35-26-28-38-47-30-34(27-29-48(47)55-49(38)31-35)51-41-20-8-6-18-39(41)50(33-14-2-1-3-15-33)40-19-7-9-21-42(40)51/h1-31H. The van der Waals surface area contributed by atoms with Crippen LogP contribution in [-0.2, 0) is 0 Å². The molecule has 254 valence electrons. The van der Waals surface area contributed by atoms with Crippen molar-refractivity contribution in [2.75, 3.05) is 0 Å². The van der Waals surface area contributed by atoms with E-state index >= 15 is 0 Å². The Balaban J connectivity index is 1.13. The van der Waals surface area contributed by atoms with Crippen LogP contribution in [0.3, 0.4) is 0 Å². The van der Waals surface area contributed by atoms with Gasteiger partial charge >= 0.3 is 0 Å². The molecule has 0 saturated heterocycles. The van der Waals surface area contributed by atoms with E-state index in [2.05, 4.69) is 176 Å². The van der Waals surface area contributed by atoms with Gasteiger partial charge in [0.1, 0.15) is 0 Å². The Kier molecular flexibility index (Phi) is 7.17. The average molecular weight is 714 g/mol. The van der Waals surface area contributed by atoms with Gasteiger partial charge in [-0.1, -0.05) is 164 Å². The van der Waals surface area contributed by atoms with E-state index in [9.17, 15) is 5.26 Å². The van der Waals surface area contributed by atoms with Crippen LogP contribution in [0.1, 0.15) is 5.56 Å². The molecular formula is C53H31NS. The highest BCUT2D eigenvalue weighted by Crippen LogP contribution is 2.48. The summed E-state index contributed by atoms with van der Waals surface area (Å²) in [6, 6.07) is 70.3. The molecule has 0 aliphatic heterocycles. The molecule has 1 heterocycles. The number of hydrogen-bond donors (Lipinski definition) is 0. The van der Waals surface area contributed by atoms with Crippen LogP contribution >= 0.6 is 11.3 Å². The van der Waals surface area contributed by atoms with E-state index in [1.807, 2.05) is 29.5 Å². The van der Waals surface area contributed by atoms with E-state index < -0.39 is 0 Å². The molecule has 11 rings (SSSR count). The molecule has 2 heteroatoms. The lowest BCUT2D eigenvalue weighted by Gasteiger charge is -2.18. The largest absolute Gasteiger partial charge is 0.192 e. The normalized spacial score (nSPS) is 11.6. The minimum absolute atomic E-state index is 0.685. The van der Waals surface area contributed by atoms with E-state index in [-0.39, 0.29) is 0 Å². The van der Waals surface area contributed by atoms with Gasteiger partial charge in [0.2, 0.25) is 0 Å². The second kappa shape index (κ2) is 12.5. The van der Waals surface area contributed by atoms with Crippen LogP contribution < -0.4 is 0 Å². The topological polar surface area (TPSA) is 23.8 Å². The summed E-state index contributed by atoms with van der Waals surface area (Å²) in [6.07, 6.45) is 0.